The number of alkyl halides is 3. The van der Waals surface area contributed by atoms with Crippen LogP contribution in [0, 0.1) is 0 Å². The number of esters is 1. The predicted molar refractivity (Wildman–Crippen MR) is 133 cm³/mol. The summed E-state index contributed by atoms with van der Waals surface area (Å²) in [6, 6.07) is 10.4. The lowest BCUT2D eigenvalue weighted by Gasteiger charge is -2.18. The summed E-state index contributed by atoms with van der Waals surface area (Å²) in [7, 11) is 0. The Balaban J connectivity index is 1.86. The first kappa shape index (κ1) is 26.3. The fraction of sp³-hybridized carbons (Fsp3) is 0.296. The van der Waals surface area contributed by atoms with Gasteiger partial charge in [0.05, 0.1) is 35.8 Å². The molecule has 1 aromatic carbocycles. The minimum absolute atomic E-state index is 0.0259. The minimum Gasteiger partial charge on any atom is -0.462 e. The van der Waals surface area contributed by atoms with E-state index in [-0.39, 0.29) is 41.3 Å². The normalized spacial score (nSPS) is 16.2. The van der Waals surface area contributed by atoms with Gasteiger partial charge in [-0.05, 0) is 50.1 Å². The summed E-state index contributed by atoms with van der Waals surface area (Å²) in [5.74, 6) is -2.11. The number of hydrogen-bond acceptors (Lipinski definition) is 6. The number of fused-ring (bicyclic) bond motifs is 2. The molecule has 39 heavy (non-hydrogen) atoms. The van der Waals surface area contributed by atoms with Crippen molar-refractivity contribution in [2.45, 2.75) is 38.6 Å². The van der Waals surface area contributed by atoms with Crippen molar-refractivity contribution in [1.82, 2.24) is 14.0 Å². The number of pyridine rings is 2. The van der Waals surface area contributed by atoms with Gasteiger partial charge in [0, 0.05) is 12.8 Å². The maximum absolute atomic E-state index is 13.7. The number of carbonyl (C=O) groups is 2. The summed E-state index contributed by atoms with van der Waals surface area (Å²) in [5, 5.41) is 0.0434. The lowest BCUT2D eigenvalue weighted by molar-refractivity contribution is -0.137. The standard InChI is InChI=1S/C27H23F3N4O5/c1-2-38-26(37)19-14-18-22(31-21-11-5-6-12-33(21)25(18)36)34(15-16-8-7-13-39-16)23(19)32-24(35)17-9-3-4-10-20(17)27(28,29)30/h3-6,9-12,14,16H,2,7-8,13,15H2,1H3. The second-order valence-corrected chi connectivity index (χ2v) is 8.89. The van der Waals surface area contributed by atoms with Crippen molar-refractivity contribution in [1.29, 1.82) is 0 Å². The monoisotopic (exact) mass is 540 g/mol. The zero-order valence-electron chi connectivity index (χ0n) is 20.8. The first-order chi connectivity index (χ1) is 18.7. The molecule has 0 radical (unpaired) electrons. The number of hydrogen-bond donors (Lipinski definition) is 0. The molecule has 5 rings (SSSR count). The summed E-state index contributed by atoms with van der Waals surface area (Å²) in [5.41, 5.74) is -2.46. The van der Waals surface area contributed by atoms with Crippen LogP contribution in [0.1, 0.15) is 46.0 Å². The van der Waals surface area contributed by atoms with Crippen LogP contribution in [0.15, 0.2) is 64.5 Å². The van der Waals surface area contributed by atoms with E-state index in [0.29, 0.717) is 18.7 Å². The van der Waals surface area contributed by atoms with Crippen molar-refractivity contribution in [2.75, 3.05) is 13.2 Å². The number of rotatable bonds is 5. The number of nitrogens with zero attached hydrogens (tertiary/aromatic N) is 4. The average Bonchev–Trinajstić information content (AvgIpc) is 3.43. The summed E-state index contributed by atoms with van der Waals surface area (Å²) in [4.78, 5) is 48.4. The summed E-state index contributed by atoms with van der Waals surface area (Å²) < 4.78 is 54.6. The summed E-state index contributed by atoms with van der Waals surface area (Å²) in [6.07, 6.45) is -2.23. The van der Waals surface area contributed by atoms with E-state index in [1.165, 1.54) is 33.4 Å². The molecule has 12 heteroatoms. The van der Waals surface area contributed by atoms with Crippen LogP contribution < -0.4 is 11.0 Å². The molecule has 1 unspecified atom stereocenters. The third-order valence-corrected chi connectivity index (χ3v) is 6.37. The Morgan fingerprint density at radius 3 is 2.64 bits per heavy atom. The largest absolute Gasteiger partial charge is 0.462 e. The van der Waals surface area contributed by atoms with E-state index < -0.39 is 34.7 Å². The first-order valence-electron chi connectivity index (χ1n) is 12.3. The molecule has 1 atom stereocenters. The van der Waals surface area contributed by atoms with Gasteiger partial charge in [-0.1, -0.05) is 18.2 Å². The molecule has 202 valence electrons. The topological polar surface area (TPSA) is 104 Å². The Hall–Kier alpha value is -4.32. The van der Waals surface area contributed by atoms with Crippen molar-refractivity contribution in [2.24, 2.45) is 4.99 Å². The van der Waals surface area contributed by atoms with Crippen LogP contribution in [0.4, 0.5) is 13.2 Å². The maximum atomic E-state index is 13.7. The molecule has 4 heterocycles. The van der Waals surface area contributed by atoms with Crippen molar-refractivity contribution in [3.63, 3.8) is 0 Å². The van der Waals surface area contributed by atoms with E-state index >= 15 is 0 Å². The van der Waals surface area contributed by atoms with Crippen molar-refractivity contribution < 1.29 is 32.2 Å². The van der Waals surface area contributed by atoms with Crippen LogP contribution in [-0.2, 0) is 22.2 Å². The second-order valence-electron chi connectivity index (χ2n) is 8.89. The fourth-order valence-electron chi connectivity index (χ4n) is 4.60. The summed E-state index contributed by atoms with van der Waals surface area (Å²) in [6.45, 7) is 2.09. The maximum Gasteiger partial charge on any atom is 0.417 e. The van der Waals surface area contributed by atoms with E-state index in [2.05, 4.69) is 9.98 Å². The van der Waals surface area contributed by atoms with Crippen LogP contribution in [-0.4, -0.2) is 45.1 Å². The van der Waals surface area contributed by atoms with Gasteiger partial charge in [-0.15, -0.1) is 0 Å². The van der Waals surface area contributed by atoms with Gasteiger partial charge in [0.25, 0.3) is 11.5 Å². The van der Waals surface area contributed by atoms with Crippen LogP contribution >= 0.6 is 0 Å². The quantitative estimate of drug-likeness (QED) is 0.282. The molecule has 1 aliphatic rings. The molecule has 9 nitrogen and oxygen atoms in total. The Kier molecular flexibility index (Phi) is 7.04. The number of halogens is 3. The van der Waals surface area contributed by atoms with Crippen LogP contribution in [0.25, 0.3) is 16.7 Å². The molecule has 1 amide bonds. The molecule has 1 saturated heterocycles. The molecule has 0 saturated carbocycles. The van der Waals surface area contributed by atoms with Crippen LogP contribution in [0.3, 0.4) is 0 Å². The average molecular weight is 540 g/mol. The molecule has 4 aromatic rings. The smallest absolute Gasteiger partial charge is 0.417 e. The van der Waals surface area contributed by atoms with Gasteiger partial charge in [-0.25, -0.2) is 9.78 Å². The highest BCUT2D eigenvalue weighted by Gasteiger charge is 2.35. The van der Waals surface area contributed by atoms with E-state index in [1.807, 2.05) is 0 Å². The first-order valence-corrected chi connectivity index (χ1v) is 12.3. The molecule has 0 spiro atoms. The number of carbonyl (C=O) groups excluding carboxylic acids is 2. The van der Waals surface area contributed by atoms with Gasteiger partial charge >= 0.3 is 12.1 Å². The zero-order valence-corrected chi connectivity index (χ0v) is 20.8. The summed E-state index contributed by atoms with van der Waals surface area (Å²) >= 11 is 0. The Morgan fingerprint density at radius 2 is 1.92 bits per heavy atom. The number of ether oxygens (including phenoxy) is 2. The molecular formula is C27H23F3N4O5. The molecule has 0 aliphatic carbocycles. The third-order valence-electron chi connectivity index (χ3n) is 6.37. The Morgan fingerprint density at radius 1 is 1.15 bits per heavy atom. The Bertz CT molecular complexity index is 1720. The SMILES string of the molecule is CCOC(=O)c1cc2c(=O)n3ccccc3nc2n(CC2CCCO2)c1=NC(=O)c1ccccc1C(F)(F)F. The van der Waals surface area contributed by atoms with Gasteiger partial charge in [0.2, 0.25) is 0 Å². The van der Waals surface area contributed by atoms with Gasteiger partial charge < -0.3 is 14.0 Å². The van der Waals surface area contributed by atoms with Gasteiger partial charge in [0.1, 0.15) is 16.9 Å². The Labute approximate surface area is 219 Å². The van der Waals surface area contributed by atoms with Crippen molar-refractivity contribution in [3.8, 4) is 0 Å². The highest BCUT2D eigenvalue weighted by Crippen LogP contribution is 2.32. The lowest BCUT2D eigenvalue weighted by Crippen LogP contribution is -2.35. The predicted octanol–water partition coefficient (Wildman–Crippen LogP) is 3.76. The lowest BCUT2D eigenvalue weighted by atomic mass is 10.1. The molecule has 1 aliphatic heterocycles. The van der Waals surface area contributed by atoms with Crippen LogP contribution in [0.5, 0.6) is 0 Å². The van der Waals surface area contributed by atoms with E-state index in [4.69, 9.17) is 9.47 Å². The highest BCUT2D eigenvalue weighted by molar-refractivity contribution is 5.98. The van der Waals surface area contributed by atoms with Crippen LogP contribution in [0.2, 0.25) is 0 Å². The van der Waals surface area contributed by atoms with E-state index in [1.54, 1.807) is 25.1 Å². The second kappa shape index (κ2) is 10.4. The molecule has 1 fully saturated rings. The third kappa shape index (κ3) is 5.07. The van der Waals surface area contributed by atoms with Gasteiger partial charge in [-0.2, -0.15) is 18.2 Å². The number of benzene rings is 1. The molecular weight excluding hydrogens is 517 g/mol. The number of amides is 1. The van der Waals surface area contributed by atoms with Gasteiger partial charge in [0.15, 0.2) is 5.49 Å². The van der Waals surface area contributed by atoms with Gasteiger partial charge in [-0.3, -0.25) is 14.0 Å². The van der Waals surface area contributed by atoms with E-state index in [0.717, 1.165) is 18.6 Å². The zero-order chi connectivity index (χ0) is 27.7. The molecule has 0 bridgehead atoms. The minimum atomic E-state index is -4.81. The van der Waals surface area contributed by atoms with Crippen molar-refractivity contribution in [3.05, 3.63) is 87.3 Å². The van der Waals surface area contributed by atoms with E-state index in [9.17, 15) is 27.6 Å². The fourth-order valence-corrected chi connectivity index (χ4v) is 4.60. The van der Waals surface area contributed by atoms with Crippen molar-refractivity contribution >= 4 is 28.6 Å². The number of aromatic nitrogens is 3. The molecule has 0 N–H and O–H groups in total. The molecule has 3 aromatic heterocycles. The highest BCUT2D eigenvalue weighted by atomic mass is 19.4.